The van der Waals surface area contributed by atoms with Gasteiger partial charge in [-0.25, -0.2) is 0 Å². The fourth-order valence-corrected chi connectivity index (χ4v) is 1.85. The summed E-state index contributed by atoms with van der Waals surface area (Å²) in [6, 6.07) is 8.84. The van der Waals surface area contributed by atoms with E-state index in [1.165, 1.54) is 5.56 Å². The topological polar surface area (TPSA) is 30.5 Å². The fraction of sp³-hybridized carbons (Fsp3) is 0.571. The minimum Gasteiger partial charge on any atom is -0.497 e. The molecule has 0 radical (unpaired) electrons. The van der Waals surface area contributed by atoms with Crippen molar-refractivity contribution in [3.8, 4) is 5.75 Å². The molecule has 0 fully saturated rings. The Balaban J connectivity index is 2.64. The lowest BCUT2D eigenvalue weighted by atomic mass is 10.1. The van der Waals surface area contributed by atoms with Gasteiger partial charge in [0, 0.05) is 19.2 Å². The first-order valence-corrected chi connectivity index (χ1v) is 6.10. The van der Waals surface area contributed by atoms with Gasteiger partial charge in [0.2, 0.25) is 0 Å². The normalized spacial score (nSPS) is 14.4. The Morgan fingerprint density at radius 3 is 2.65 bits per heavy atom. The molecule has 0 saturated heterocycles. The van der Waals surface area contributed by atoms with Gasteiger partial charge in [0.05, 0.1) is 13.7 Å². The van der Waals surface area contributed by atoms with E-state index in [-0.39, 0.29) is 0 Å². The van der Waals surface area contributed by atoms with Gasteiger partial charge in [0.15, 0.2) is 0 Å². The van der Waals surface area contributed by atoms with Crippen molar-refractivity contribution >= 4 is 0 Å². The van der Waals surface area contributed by atoms with Crippen LogP contribution in [0.1, 0.15) is 31.9 Å². The maximum Gasteiger partial charge on any atom is 0.119 e. The molecule has 0 aliphatic heterocycles. The van der Waals surface area contributed by atoms with Gasteiger partial charge >= 0.3 is 0 Å². The molecule has 0 amide bonds. The van der Waals surface area contributed by atoms with Gasteiger partial charge in [-0.3, -0.25) is 0 Å². The molecule has 1 unspecified atom stereocenters. The highest BCUT2D eigenvalue weighted by atomic mass is 16.5. The molecule has 0 aromatic heterocycles. The molecule has 2 atom stereocenters. The van der Waals surface area contributed by atoms with Gasteiger partial charge in [0.1, 0.15) is 5.75 Å². The molecular weight excluding hydrogens is 214 g/mol. The van der Waals surface area contributed by atoms with Crippen molar-refractivity contribution in [3.63, 3.8) is 0 Å². The molecule has 0 heterocycles. The van der Waals surface area contributed by atoms with Crippen molar-refractivity contribution in [2.45, 2.75) is 32.4 Å². The molecule has 0 saturated carbocycles. The second kappa shape index (κ2) is 7.30. The van der Waals surface area contributed by atoms with Crippen LogP contribution < -0.4 is 10.1 Å². The zero-order chi connectivity index (χ0) is 12.7. The van der Waals surface area contributed by atoms with E-state index < -0.39 is 0 Å². The van der Waals surface area contributed by atoms with Crippen LogP contribution in [0.2, 0.25) is 0 Å². The summed E-state index contributed by atoms with van der Waals surface area (Å²) in [6.45, 7) is 5.06. The van der Waals surface area contributed by atoms with E-state index in [1.54, 1.807) is 14.2 Å². The lowest BCUT2D eigenvalue weighted by Gasteiger charge is -2.22. The molecule has 3 heteroatoms. The molecule has 1 rings (SSSR count). The average molecular weight is 237 g/mol. The van der Waals surface area contributed by atoms with Crippen LogP contribution in [-0.2, 0) is 4.74 Å². The summed E-state index contributed by atoms with van der Waals surface area (Å²) in [5.74, 6) is 0.899. The number of ether oxygens (including phenoxy) is 2. The van der Waals surface area contributed by atoms with Crippen LogP contribution in [0.15, 0.2) is 24.3 Å². The summed E-state index contributed by atoms with van der Waals surface area (Å²) in [5, 5.41) is 3.55. The van der Waals surface area contributed by atoms with E-state index in [0.717, 1.165) is 18.8 Å². The van der Waals surface area contributed by atoms with Crippen LogP contribution >= 0.6 is 0 Å². The van der Waals surface area contributed by atoms with Crippen molar-refractivity contribution in [1.82, 2.24) is 5.32 Å². The van der Waals surface area contributed by atoms with Crippen molar-refractivity contribution < 1.29 is 9.47 Å². The van der Waals surface area contributed by atoms with Crippen molar-refractivity contribution in [3.05, 3.63) is 29.8 Å². The Kier molecular flexibility index (Phi) is 6.01. The van der Waals surface area contributed by atoms with Crippen molar-refractivity contribution in [1.29, 1.82) is 0 Å². The minimum absolute atomic E-state index is 0.296. The summed E-state index contributed by atoms with van der Waals surface area (Å²) in [5.41, 5.74) is 1.24. The standard InChI is InChI=1S/C14H23NO2/c1-5-13(10-16-3)15-11(2)12-7-6-8-14(9-12)17-4/h6-9,11,13,15H,5,10H2,1-4H3/t11-,13?/m0/s1. The van der Waals surface area contributed by atoms with Crippen LogP contribution in [0.5, 0.6) is 5.75 Å². The molecule has 0 aliphatic rings. The van der Waals surface area contributed by atoms with E-state index in [1.807, 2.05) is 12.1 Å². The largest absolute Gasteiger partial charge is 0.497 e. The Hall–Kier alpha value is -1.06. The molecule has 1 aromatic carbocycles. The SMILES string of the molecule is CCC(COC)N[C@@H](C)c1cccc(OC)c1. The van der Waals surface area contributed by atoms with Crippen LogP contribution in [0.25, 0.3) is 0 Å². The first-order chi connectivity index (χ1) is 8.21. The monoisotopic (exact) mass is 237 g/mol. The summed E-state index contributed by atoms with van der Waals surface area (Å²) >= 11 is 0. The molecule has 17 heavy (non-hydrogen) atoms. The third-order valence-electron chi connectivity index (χ3n) is 2.94. The van der Waals surface area contributed by atoms with Crippen molar-refractivity contribution in [2.75, 3.05) is 20.8 Å². The van der Waals surface area contributed by atoms with E-state index in [2.05, 4.69) is 31.3 Å². The van der Waals surface area contributed by atoms with Crippen molar-refractivity contribution in [2.24, 2.45) is 0 Å². The predicted molar refractivity (Wildman–Crippen MR) is 70.5 cm³/mol. The zero-order valence-electron chi connectivity index (χ0n) is 11.2. The Morgan fingerprint density at radius 1 is 1.29 bits per heavy atom. The molecule has 96 valence electrons. The third kappa shape index (κ3) is 4.36. The summed E-state index contributed by atoms with van der Waals surface area (Å²) in [6.07, 6.45) is 1.06. The molecule has 3 nitrogen and oxygen atoms in total. The fourth-order valence-electron chi connectivity index (χ4n) is 1.85. The van der Waals surface area contributed by atoms with E-state index in [4.69, 9.17) is 9.47 Å². The molecule has 0 bridgehead atoms. The van der Waals surface area contributed by atoms with Crippen LogP contribution in [0.4, 0.5) is 0 Å². The van der Waals surface area contributed by atoms with Gasteiger partial charge in [0.25, 0.3) is 0 Å². The summed E-state index contributed by atoms with van der Waals surface area (Å²) in [4.78, 5) is 0. The Bertz CT molecular complexity index is 328. The number of benzene rings is 1. The van der Waals surface area contributed by atoms with E-state index in [0.29, 0.717) is 12.1 Å². The average Bonchev–Trinajstić information content (AvgIpc) is 2.38. The smallest absolute Gasteiger partial charge is 0.119 e. The van der Waals surface area contributed by atoms with Crippen LogP contribution in [-0.4, -0.2) is 26.9 Å². The molecule has 0 aliphatic carbocycles. The van der Waals surface area contributed by atoms with Gasteiger partial charge in [-0.2, -0.15) is 0 Å². The molecule has 1 N–H and O–H groups in total. The van der Waals surface area contributed by atoms with Gasteiger partial charge in [-0.05, 0) is 31.0 Å². The van der Waals surface area contributed by atoms with Gasteiger partial charge in [-0.15, -0.1) is 0 Å². The quantitative estimate of drug-likeness (QED) is 0.791. The maximum absolute atomic E-state index is 5.23. The van der Waals surface area contributed by atoms with Gasteiger partial charge < -0.3 is 14.8 Å². The highest BCUT2D eigenvalue weighted by Crippen LogP contribution is 2.19. The zero-order valence-corrected chi connectivity index (χ0v) is 11.2. The number of hydrogen-bond acceptors (Lipinski definition) is 3. The number of nitrogens with one attached hydrogen (secondary N) is 1. The first kappa shape index (κ1) is 14.0. The lowest BCUT2D eigenvalue weighted by molar-refractivity contribution is 0.159. The van der Waals surface area contributed by atoms with E-state index >= 15 is 0 Å². The maximum atomic E-state index is 5.23. The van der Waals surface area contributed by atoms with Gasteiger partial charge in [-0.1, -0.05) is 19.1 Å². The highest BCUT2D eigenvalue weighted by Gasteiger charge is 2.11. The minimum atomic E-state index is 0.296. The first-order valence-electron chi connectivity index (χ1n) is 6.10. The predicted octanol–water partition coefficient (Wildman–Crippen LogP) is 2.77. The summed E-state index contributed by atoms with van der Waals surface area (Å²) < 4.78 is 10.4. The second-order valence-corrected chi connectivity index (χ2v) is 4.23. The number of methoxy groups -OCH3 is 2. The molecule has 0 spiro atoms. The Labute approximate surface area is 104 Å². The second-order valence-electron chi connectivity index (χ2n) is 4.23. The Morgan fingerprint density at radius 2 is 2.06 bits per heavy atom. The third-order valence-corrected chi connectivity index (χ3v) is 2.94. The lowest BCUT2D eigenvalue weighted by Crippen LogP contribution is -2.34. The number of rotatable bonds is 7. The highest BCUT2D eigenvalue weighted by molar-refractivity contribution is 5.30. The number of hydrogen-bond donors (Lipinski definition) is 1. The van der Waals surface area contributed by atoms with Crippen LogP contribution in [0, 0.1) is 0 Å². The van der Waals surface area contributed by atoms with Crippen LogP contribution in [0.3, 0.4) is 0 Å². The van der Waals surface area contributed by atoms with E-state index in [9.17, 15) is 0 Å². The summed E-state index contributed by atoms with van der Waals surface area (Å²) in [7, 11) is 3.43. The molecular formula is C14H23NO2. The molecule has 1 aromatic rings.